The highest BCUT2D eigenvalue weighted by Gasteiger charge is 2.19. The van der Waals surface area contributed by atoms with E-state index in [1.54, 1.807) is 0 Å². The fourth-order valence-electron chi connectivity index (χ4n) is 3.78. The van der Waals surface area contributed by atoms with Gasteiger partial charge in [-0.2, -0.15) is 5.10 Å². The molecule has 1 fully saturated rings. The second kappa shape index (κ2) is 7.16. The minimum atomic E-state index is 0.506. The van der Waals surface area contributed by atoms with Gasteiger partial charge in [-0.05, 0) is 44.1 Å². The van der Waals surface area contributed by atoms with E-state index < -0.39 is 0 Å². The van der Waals surface area contributed by atoms with E-state index in [1.807, 2.05) is 11.7 Å². The molecular formula is C17H29N5. The fraction of sp³-hybridized carbons (Fsp3) is 0.765. The molecule has 0 amide bonds. The monoisotopic (exact) mass is 303 g/mol. The zero-order chi connectivity index (χ0) is 15.4. The van der Waals surface area contributed by atoms with Crippen molar-refractivity contribution in [2.24, 2.45) is 17.8 Å². The molecule has 22 heavy (non-hydrogen) atoms. The number of nitrogens with one attached hydrogen (secondary N) is 1. The lowest BCUT2D eigenvalue weighted by molar-refractivity contribution is 0.529. The van der Waals surface area contributed by atoms with Crippen LogP contribution in [0.4, 0.5) is 0 Å². The maximum absolute atomic E-state index is 6.11. The first-order valence-electron chi connectivity index (χ1n) is 8.84. The molecule has 1 aromatic rings. The molecule has 0 bridgehead atoms. The Kier molecular flexibility index (Phi) is 5.01. The summed E-state index contributed by atoms with van der Waals surface area (Å²) in [5.41, 5.74) is 10.0. The molecule has 1 saturated carbocycles. The number of guanidine groups is 1. The number of aryl methyl sites for hydroxylation is 2. The smallest absolute Gasteiger partial charge is 0.189 e. The topological polar surface area (TPSA) is 68.2 Å². The number of nitrogens with two attached hydrogens (primary N) is 1. The molecule has 0 saturated heterocycles. The van der Waals surface area contributed by atoms with Crippen LogP contribution < -0.4 is 11.1 Å². The molecule has 0 radical (unpaired) electrons. The Balaban J connectivity index is 1.62. The molecule has 0 spiro atoms. The van der Waals surface area contributed by atoms with Gasteiger partial charge in [-0.1, -0.05) is 25.7 Å². The summed E-state index contributed by atoms with van der Waals surface area (Å²) in [4.78, 5) is 4.58. The van der Waals surface area contributed by atoms with E-state index in [0.717, 1.165) is 12.8 Å². The molecule has 3 rings (SSSR count). The highest BCUT2D eigenvalue weighted by atomic mass is 15.3. The Morgan fingerprint density at radius 3 is 2.68 bits per heavy atom. The van der Waals surface area contributed by atoms with Gasteiger partial charge in [0.15, 0.2) is 5.96 Å². The van der Waals surface area contributed by atoms with E-state index in [0.29, 0.717) is 18.5 Å². The predicted octanol–water partition coefficient (Wildman–Crippen LogP) is 2.43. The first kappa shape index (κ1) is 15.4. The lowest BCUT2D eigenvalue weighted by atomic mass is 9.96. The van der Waals surface area contributed by atoms with Gasteiger partial charge in [0, 0.05) is 13.1 Å². The minimum Gasteiger partial charge on any atom is -0.370 e. The summed E-state index contributed by atoms with van der Waals surface area (Å²) in [6.07, 6.45) is 12.6. The highest BCUT2D eigenvalue weighted by Crippen LogP contribution is 2.24. The molecule has 1 aromatic heterocycles. The summed E-state index contributed by atoms with van der Waals surface area (Å²) in [6, 6.07) is 0.506. The van der Waals surface area contributed by atoms with Crippen LogP contribution in [0.15, 0.2) is 4.99 Å². The van der Waals surface area contributed by atoms with Crippen LogP contribution in [0, 0.1) is 0 Å². The maximum Gasteiger partial charge on any atom is 0.189 e. The average Bonchev–Trinajstić information content (AvgIpc) is 2.67. The van der Waals surface area contributed by atoms with Crippen molar-refractivity contribution < 1.29 is 0 Å². The van der Waals surface area contributed by atoms with Gasteiger partial charge in [0.1, 0.15) is 0 Å². The molecule has 2 aliphatic rings. The second-order valence-electron chi connectivity index (χ2n) is 6.74. The van der Waals surface area contributed by atoms with Gasteiger partial charge in [0.05, 0.1) is 17.9 Å². The summed E-state index contributed by atoms with van der Waals surface area (Å²) >= 11 is 0. The molecule has 0 atom stereocenters. The van der Waals surface area contributed by atoms with Crippen LogP contribution in [0.1, 0.15) is 68.3 Å². The van der Waals surface area contributed by atoms with Crippen molar-refractivity contribution in [3.63, 3.8) is 0 Å². The van der Waals surface area contributed by atoms with Gasteiger partial charge in [0.25, 0.3) is 0 Å². The van der Waals surface area contributed by atoms with E-state index in [-0.39, 0.29) is 0 Å². The molecule has 2 aliphatic carbocycles. The van der Waals surface area contributed by atoms with Gasteiger partial charge in [-0.15, -0.1) is 0 Å². The summed E-state index contributed by atoms with van der Waals surface area (Å²) in [5, 5.41) is 8.06. The SMILES string of the molecule is Cn1nc2c(c1CN=C(N)NC1CCCCCC1)CCCC2. The average molecular weight is 303 g/mol. The van der Waals surface area contributed by atoms with Crippen LogP contribution in [0.2, 0.25) is 0 Å². The molecule has 0 aromatic carbocycles. The van der Waals surface area contributed by atoms with E-state index >= 15 is 0 Å². The van der Waals surface area contributed by atoms with Crippen LogP contribution >= 0.6 is 0 Å². The predicted molar refractivity (Wildman–Crippen MR) is 89.8 cm³/mol. The van der Waals surface area contributed by atoms with E-state index in [9.17, 15) is 0 Å². The zero-order valence-corrected chi connectivity index (χ0v) is 13.8. The molecule has 3 N–H and O–H groups in total. The quantitative estimate of drug-likeness (QED) is 0.512. The van der Waals surface area contributed by atoms with E-state index in [2.05, 4.69) is 15.4 Å². The Hall–Kier alpha value is -1.52. The largest absolute Gasteiger partial charge is 0.370 e. The Morgan fingerprint density at radius 2 is 1.91 bits per heavy atom. The Labute approximate surface area is 133 Å². The minimum absolute atomic E-state index is 0.506. The zero-order valence-electron chi connectivity index (χ0n) is 13.8. The molecule has 122 valence electrons. The summed E-state index contributed by atoms with van der Waals surface area (Å²) in [7, 11) is 2.03. The van der Waals surface area contributed by atoms with Gasteiger partial charge >= 0.3 is 0 Å². The number of aromatic nitrogens is 2. The number of hydrogen-bond donors (Lipinski definition) is 2. The standard InChI is InChI=1S/C17H29N5/c1-22-16(14-10-6-7-11-15(14)21-22)12-19-17(18)20-13-8-4-2-3-5-9-13/h13H,2-12H2,1H3,(H3,18,19,20). The number of aliphatic imine (C=N–C) groups is 1. The Bertz CT molecular complexity index is 523. The third kappa shape index (κ3) is 3.62. The maximum atomic E-state index is 6.11. The van der Waals surface area contributed by atoms with Crippen molar-refractivity contribution in [2.75, 3.05) is 0 Å². The molecular weight excluding hydrogens is 274 g/mol. The molecule has 5 nitrogen and oxygen atoms in total. The highest BCUT2D eigenvalue weighted by molar-refractivity contribution is 5.78. The van der Waals surface area contributed by atoms with Crippen molar-refractivity contribution in [3.8, 4) is 0 Å². The summed E-state index contributed by atoms with van der Waals surface area (Å²) in [5.74, 6) is 0.595. The van der Waals surface area contributed by atoms with Crippen LogP contribution in [0.3, 0.4) is 0 Å². The number of hydrogen-bond acceptors (Lipinski definition) is 2. The van der Waals surface area contributed by atoms with Crippen LogP contribution in [-0.4, -0.2) is 21.8 Å². The van der Waals surface area contributed by atoms with E-state index in [4.69, 9.17) is 5.73 Å². The lowest BCUT2D eigenvalue weighted by Gasteiger charge is -2.17. The van der Waals surface area contributed by atoms with E-state index in [1.165, 1.54) is 68.3 Å². The van der Waals surface area contributed by atoms with Crippen LogP contribution in [-0.2, 0) is 26.4 Å². The third-order valence-corrected chi connectivity index (χ3v) is 5.05. The van der Waals surface area contributed by atoms with Crippen molar-refractivity contribution in [2.45, 2.75) is 76.8 Å². The number of fused-ring (bicyclic) bond motifs is 1. The number of nitrogens with zero attached hydrogens (tertiary/aromatic N) is 3. The fourth-order valence-corrected chi connectivity index (χ4v) is 3.78. The number of rotatable bonds is 3. The van der Waals surface area contributed by atoms with Crippen molar-refractivity contribution in [1.29, 1.82) is 0 Å². The third-order valence-electron chi connectivity index (χ3n) is 5.05. The molecule has 1 heterocycles. The van der Waals surface area contributed by atoms with Crippen molar-refractivity contribution in [1.82, 2.24) is 15.1 Å². The van der Waals surface area contributed by atoms with Crippen LogP contribution in [0.25, 0.3) is 0 Å². The normalized spacial score (nSPS) is 20.5. The Morgan fingerprint density at radius 1 is 1.18 bits per heavy atom. The first-order valence-corrected chi connectivity index (χ1v) is 8.84. The van der Waals surface area contributed by atoms with Crippen molar-refractivity contribution in [3.05, 3.63) is 17.0 Å². The molecule has 5 heteroatoms. The summed E-state index contributed by atoms with van der Waals surface area (Å²) in [6.45, 7) is 0.643. The van der Waals surface area contributed by atoms with Gasteiger partial charge in [-0.25, -0.2) is 4.99 Å². The first-order chi connectivity index (χ1) is 10.7. The molecule has 0 unspecified atom stereocenters. The van der Waals surface area contributed by atoms with Gasteiger partial charge < -0.3 is 11.1 Å². The molecule has 0 aliphatic heterocycles. The van der Waals surface area contributed by atoms with Gasteiger partial charge in [-0.3, -0.25) is 4.68 Å². The van der Waals surface area contributed by atoms with Crippen LogP contribution in [0.5, 0.6) is 0 Å². The van der Waals surface area contributed by atoms with Gasteiger partial charge in [0.2, 0.25) is 0 Å². The summed E-state index contributed by atoms with van der Waals surface area (Å²) < 4.78 is 2.00. The second-order valence-corrected chi connectivity index (χ2v) is 6.74. The van der Waals surface area contributed by atoms with Crippen molar-refractivity contribution >= 4 is 5.96 Å². The lowest BCUT2D eigenvalue weighted by Crippen LogP contribution is -2.39.